The lowest BCUT2D eigenvalue weighted by Crippen LogP contribution is -2.36. The van der Waals surface area contributed by atoms with Crippen LogP contribution >= 0.6 is 0 Å². The van der Waals surface area contributed by atoms with Gasteiger partial charge in [-0.3, -0.25) is 24.6 Å². The molecule has 1 unspecified atom stereocenters. The van der Waals surface area contributed by atoms with E-state index in [0.717, 1.165) is 43.4 Å². The molecule has 2 aliphatic rings. The Balaban J connectivity index is 1.87. The van der Waals surface area contributed by atoms with Gasteiger partial charge in [0.1, 0.15) is 0 Å². The predicted octanol–water partition coefficient (Wildman–Crippen LogP) is 1.90. The molecular formula is C17H24N4O4. The van der Waals surface area contributed by atoms with E-state index in [0.29, 0.717) is 11.6 Å². The number of non-ortho nitro benzene ring substituents is 1. The first-order chi connectivity index (χ1) is 12.0. The number of likely N-dealkylation sites (tertiary alicyclic amines) is 1. The van der Waals surface area contributed by atoms with Gasteiger partial charge in [-0.2, -0.15) is 0 Å². The quantitative estimate of drug-likeness (QED) is 0.597. The van der Waals surface area contributed by atoms with Crippen LogP contribution in [-0.2, 0) is 4.84 Å². The number of rotatable bonds is 5. The van der Waals surface area contributed by atoms with E-state index < -0.39 is 4.92 Å². The molecule has 3 rings (SSSR count). The van der Waals surface area contributed by atoms with Crippen LogP contribution in [0.4, 0.5) is 11.4 Å². The Morgan fingerprint density at radius 3 is 2.68 bits per heavy atom. The van der Waals surface area contributed by atoms with Gasteiger partial charge in [0.25, 0.3) is 11.6 Å². The second-order valence-electron chi connectivity index (χ2n) is 6.58. The van der Waals surface area contributed by atoms with Gasteiger partial charge < -0.3 is 4.90 Å². The first-order valence-corrected chi connectivity index (χ1v) is 8.61. The van der Waals surface area contributed by atoms with Crippen LogP contribution in [0.2, 0.25) is 0 Å². The molecule has 0 spiro atoms. The third kappa shape index (κ3) is 3.59. The Kier molecular flexibility index (Phi) is 5.19. The maximum absolute atomic E-state index is 12.6. The largest absolute Gasteiger partial charge is 0.369 e. The molecule has 0 aromatic heterocycles. The summed E-state index contributed by atoms with van der Waals surface area (Å²) in [7, 11) is 2.90. The number of hydrogen-bond donors (Lipinski definition) is 0. The maximum Gasteiger partial charge on any atom is 0.279 e. The summed E-state index contributed by atoms with van der Waals surface area (Å²) < 4.78 is 0. The third-order valence-corrected chi connectivity index (χ3v) is 5.14. The molecule has 2 saturated heterocycles. The zero-order valence-corrected chi connectivity index (χ0v) is 14.7. The number of carbonyl (C=O) groups is 1. The van der Waals surface area contributed by atoms with Gasteiger partial charge in [0.2, 0.25) is 0 Å². The molecule has 136 valence electrons. The van der Waals surface area contributed by atoms with Crippen molar-refractivity contribution in [2.24, 2.45) is 0 Å². The normalized spacial score (nSPS) is 20.9. The number of anilines is 1. The second kappa shape index (κ2) is 7.37. The molecule has 1 aromatic carbocycles. The summed E-state index contributed by atoms with van der Waals surface area (Å²) in [6.45, 7) is 3.96. The molecule has 8 nitrogen and oxygen atoms in total. The van der Waals surface area contributed by atoms with Crippen LogP contribution in [0.15, 0.2) is 18.2 Å². The van der Waals surface area contributed by atoms with Crippen molar-refractivity contribution >= 4 is 17.3 Å². The Morgan fingerprint density at radius 2 is 2.04 bits per heavy atom. The van der Waals surface area contributed by atoms with E-state index in [1.165, 1.54) is 39.1 Å². The molecule has 0 N–H and O–H groups in total. The van der Waals surface area contributed by atoms with Gasteiger partial charge in [0.15, 0.2) is 0 Å². The Bertz CT molecular complexity index is 660. The highest BCUT2D eigenvalue weighted by Crippen LogP contribution is 2.31. The van der Waals surface area contributed by atoms with Crippen molar-refractivity contribution < 1.29 is 14.6 Å². The summed E-state index contributed by atoms with van der Waals surface area (Å²) in [6, 6.07) is 4.97. The molecule has 2 fully saturated rings. The average Bonchev–Trinajstić information content (AvgIpc) is 3.30. The van der Waals surface area contributed by atoms with E-state index in [-0.39, 0.29) is 11.6 Å². The number of amides is 1. The summed E-state index contributed by atoms with van der Waals surface area (Å²) in [4.78, 5) is 32.9. The van der Waals surface area contributed by atoms with Crippen molar-refractivity contribution in [3.05, 3.63) is 33.9 Å². The molecule has 1 amide bonds. The van der Waals surface area contributed by atoms with Crippen LogP contribution in [0.3, 0.4) is 0 Å². The van der Waals surface area contributed by atoms with E-state index in [9.17, 15) is 14.9 Å². The summed E-state index contributed by atoms with van der Waals surface area (Å²) in [5.74, 6) is -0.383. The average molecular weight is 348 g/mol. The number of nitro groups is 1. The monoisotopic (exact) mass is 348 g/mol. The number of hydroxylamine groups is 2. The topological polar surface area (TPSA) is 79.2 Å². The van der Waals surface area contributed by atoms with Crippen molar-refractivity contribution in [1.82, 2.24) is 9.96 Å². The number of carbonyl (C=O) groups excluding carboxylic acids is 1. The fraction of sp³-hybridized carbons (Fsp3) is 0.588. The lowest BCUT2D eigenvalue weighted by molar-refractivity contribution is -0.384. The first-order valence-electron chi connectivity index (χ1n) is 8.61. The number of benzene rings is 1. The zero-order valence-electron chi connectivity index (χ0n) is 14.7. The minimum Gasteiger partial charge on any atom is -0.369 e. The van der Waals surface area contributed by atoms with Crippen LogP contribution in [0.5, 0.6) is 0 Å². The number of nitrogens with zero attached hydrogens (tertiary/aromatic N) is 4. The van der Waals surface area contributed by atoms with Gasteiger partial charge in [0.05, 0.1) is 23.3 Å². The van der Waals surface area contributed by atoms with Crippen LogP contribution in [0, 0.1) is 10.1 Å². The van der Waals surface area contributed by atoms with Crippen molar-refractivity contribution in [2.45, 2.75) is 25.3 Å². The molecular weight excluding hydrogens is 324 g/mol. The van der Waals surface area contributed by atoms with E-state index in [2.05, 4.69) is 9.80 Å². The molecule has 1 aromatic rings. The highest BCUT2D eigenvalue weighted by molar-refractivity contribution is 6.00. The van der Waals surface area contributed by atoms with Gasteiger partial charge in [0, 0.05) is 38.3 Å². The fourth-order valence-electron chi connectivity index (χ4n) is 3.70. The highest BCUT2D eigenvalue weighted by atomic mass is 16.7. The molecule has 0 bridgehead atoms. The Hall–Kier alpha value is -2.19. The fourth-order valence-corrected chi connectivity index (χ4v) is 3.70. The van der Waals surface area contributed by atoms with E-state index in [4.69, 9.17) is 4.84 Å². The van der Waals surface area contributed by atoms with E-state index >= 15 is 0 Å². The zero-order chi connectivity index (χ0) is 18.0. The predicted molar refractivity (Wildman–Crippen MR) is 93.6 cm³/mol. The van der Waals surface area contributed by atoms with Crippen LogP contribution < -0.4 is 4.90 Å². The van der Waals surface area contributed by atoms with E-state index in [1.807, 2.05) is 0 Å². The minimum absolute atomic E-state index is 0.0908. The Morgan fingerprint density at radius 1 is 1.32 bits per heavy atom. The van der Waals surface area contributed by atoms with Crippen molar-refractivity contribution in [1.29, 1.82) is 0 Å². The number of nitro benzene ring substituents is 1. The van der Waals surface area contributed by atoms with Gasteiger partial charge in [-0.1, -0.05) is 0 Å². The Labute approximate surface area is 147 Å². The lowest BCUT2D eigenvalue weighted by atomic mass is 10.1. The SMILES string of the molecule is CON(C)C(=O)c1cc([N+](=O)[O-])ccc1N1CCC(N2CCCC2)C1. The van der Waals surface area contributed by atoms with Gasteiger partial charge in [-0.25, -0.2) is 5.06 Å². The maximum atomic E-state index is 12.6. The summed E-state index contributed by atoms with van der Waals surface area (Å²) >= 11 is 0. The lowest BCUT2D eigenvalue weighted by Gasteiger charge is -2.26. The molecule has 25 heavy (non-hydrogen) atoms. The summed E-state index contributed by atoms with van der Waals surface area (Å²) in [5.41, 5.74) is 0.953. The minimum atomic E-state index is -0.482. The first kappa shape index (κ1) is 17.6. The molecule has 2 aliphatic heterocycles. The molecule has 2 heterocycles. The highest BCUT2D eigenvalue weighted by Gasteiger charge is 2.32. The van der Waals surface area contributed by atoms with Crippen molar-refractivity contribution in [3.63, 3.8) is 0 Å². The van der Waals surface area contributed by atoms with Crippen molar-refractivity contribution in [3.8, 4) is 0 Å². The molecule has 0 saturated carbocycles. The molecule has 0 radical (unpaired) electrons. The molecule has 0 aliphatic carbocycles. The number of hydrogen-bond acceptors (Lipinski definition) is 6. The van der Waals surface area contributed by atoms with Gasteiger partial charge in [-0.15, -0.1) is 0 Å². The van der Waals surface area contributed by atoms with Crippen LogP contribution in [0.25, 0.3) is 0 Å². The van der Waals surface area contributed by atoms with Crippen LogP contribution in [0.1, 0.15) is 29.6 Å². The van der Waals surface area contributed by atoms with E-state index in [1.54, 1.807) is 6.07 Å². The van der Waals surface area contributed by atoms with Gasteiger partial charge >= 0.3 is 0 Å². The molecule has 8 heteroatoms. The van der Waals surface area contributed by atoms with Crippen LogP contribution in [-0.4, -0.2) is 67.2 Å². The second-order valence-corrected chi connectivity index (χ2v) is 6.58. The molecule has 1 atom stereocenters. The van der Waals surface area contributed by atoms with Crippen molar-refractivity contribution in [2.75, 3.05) is 45.2 Å². The smallest absolute Gasteiger partial charge is 0.279 e. The van der Waals surface area contributed by atoms with Gasteiger partial charge in [-0.05, 0) is 38.4 Å². The standard InChI is InChI=1S/C17H24N4O4/c1-18(25-2)17(22)15-11-13(21(23)24)5-6-16(15)20-10-7-14(12-20)19-8-3-4-9-19/h5-6,11,14H,3-4,7-10,12H2,1-2H3. The third-order valence-electron chi connectivity index (χ3n) is 5.14. The summed E-state index contributed by atoms with van der Waals surface area (Å²) in [5, 5.41) is 12.2. The summed E-state index contributed by atoms with van der Waals surface area (Å²) in [6.07, 6.45) is 3.54.